The molecule has 0 bridgehead atoms. The van der Waals surface area contributed by atoms with Crippen molar-refractivity contribution in [3.05, 3.63) is 94.5 Å². The molecule has 0 heterocycles. The molecule has 25 heavy (non-hydrogen) atoms. The van der Waals surface area contributed by atoms with Crippen molar-refractivity contribution in [3.8, 4) is 0 Å². The van der Waals surface area contributed by atoms with E-state index < -0.39 is 0 Å². The summed E-state index contributed by atoms with van der Waals surface area (Å²) in [5.74, 6) is 0. The third kappa shape index (κ3) is 4.68. The molecule has 0 saturated carbocycles. The van der Waals surface area contributed by atoms with Crippen molar-refractivity contribution in [1.29, 1.82) is 0 Å². The second-order valence-corrected chi connectivity index (χ2v) is 6.25. The van der Waals surface area contributed by atoms with Crippen molar-refractivity contribution in [2.24, 2.45) is 5.10 Å². The Kier molecular flexibility index (Phi) is 5.43. The largest absolute Gasteiger partial charge is 0.283 e. The number of hydrazone groups is 1. The molecule has 124 valence electrons. The molecule has 3 aromatic rings. The first kappa shape index (κ1) is 16.7. The smallest absolute Gasteiger partial charge is 0.279 e. The van der Waals surface area contributed by atoms with E-state index in [1.165, 1.54) is 17.8 Å². The third-order valence-electron chi connectivity index (χ3n) is 3.33. The summed E-state index contributed by atoms with van der Waals surface area (Å²) in [5.41, 5.74) is 4.47. The highest BCUT2D eigenvalue weighted by Gasteiger charge is 2.15. The molecule has 3 rings (SSSR count). The SMILES string of the molecule is O=[N+]([O-])c1cc(C=NNc2ccccc2)ccc1Sc1ccccc1. The number of benzene rings is 3. The van der Waals surface area contributed by atoms with Gasteiger partial charge in [-0.2, -0.15) is 5.10 Å². The monoisotopic (exact) mass is 349 g/mol. The Bertz CT molecular complexity index is 884. The summed E-state index contributed by atoms with van der Waals surface area (Å²) in [6, 6.07) is 24.2. The molecule has 0 unspecified atom stereocenters. The molecule has 0 amide bonds. The van der Waals surface area contributed by atoms with Gasteiger partial charge in [-0.1, -0.05) is 54.2 Å². The molecular formula is C19H15N3O2S. The van der Waals surface area contributed by atoms with Gasteiger partial charge in [0.1, 0.15) is 0 Å². The molecule has 0 aliphatic carbocycles. The highest BCUT2D eigenvalue weighted by Crippen LogP contribution is 2.34. The predicted molar refractivity (Wildman–Crippen MR) is 101 cm³/mol. The lowest BCUT2D eigenvalue weighted by molar-refractivity contribution is -0.387. The maximum Gasteiger partial charge on any atom is 0.283 e. The maximum absolute atomic E-state index is 11.4. The van der Waals surface area contributed by atoms with Crippen LogP contribution in [0.2, 0.25) is 0 Å². The summed E-state index contributed by atoms with van der Waals surface area (Å²) in [7, 11) is 0. The highest BCUT2D eigenvalue weighted by atomic mass is 32.2. The number of anilines is 1. The highest BCUT2D eigenvalue weighted by molar-refractivity contribution is 7.99. The maximum atomic E-state index is 11.4. The zero-order chi connectivity index (χ0) is 17.5. The minimum Gasteiger partial charge on any atom is -0.279 e. The summed E-state index contributed by atoms with van der Waals surface area (Å²) >= 11 is 1.37. The Morgan fingerprint density at radius 1 is 0.960 bits per heavy atom. The van der Waals surface area contributed by atoms with Gasteiger partial charge in [0, 0.05) is 16.5 Å². The summed E-state index contributed by atoms with van der Waals surface area (Å²) < 4.78 is 0. The van der Waals surface area contributed by atoms with Crippen molar-refractivity contribution in [2.45, 2.75) is 9.79 Å². The van der Waals surface area contributed by atoms with Gasteiger partial charge in [-0.05, 0) is 30.3 Å². The lowest BCUT2D eigenvalue weighted by Gasteiger charge is -2.04. The summed E-state index contributed by atoms with van der Waals surface area (Å²) in [4.78, 5) is 12.6. The second-order valence-electron chi connectivity index (χ2n) is 5.14. The van der Waals surface area contributed by atoms with Gasteiger partial charge in [0.2, 0.25) is 0 Å². The van der Waals surface area contributed by atoms with Gasteiger partial charge in [0.05, 0.1) is 21.7 Å². The van der Waals surface area contributed by atoms with Gasteiger partial charge >= 0.3 is 0 Å². The van der Waals surface area contributed by atoms with Crippen LogP contribution in [0.25, 0.3) is 0 Å². The number of para-hydroxylation sites is 1. The molecule has 0 spiro atoms. The van der Waals surface area contributed by atoms with Crippen LogP contribution >= 0.6 is 11.8 Å². The zero-order valence-electron chi connectivity index (χ0n) is 13.2. The summed E-state index contributed by atoms with van der Waals surface area (Å²) in [6.45, 7) is 0. The van der Waals surface area contributed by atoms with Crippen LogP contribution in [-0.4, -0.2) is 11.1 Å². The van der Waals surface area contributed by atoms with E-state index in [0.717, 1.165) is 10.6 Å². The van der Waals surface area contributed by atoms with E-state index in [1.807, 2.05) is 66.7 Å². The Balaban J connectivity index is 1.78. The normalized spacial score (nSPS) is 10.7. The van der Waals surface area contributed by atoms with Gasteiger partial charge < -0.3 is 0 Å². The number of nitrogens with one attached hydrogen (secondary N) is 1. The van der Waals surface area contributed by atoms with Gasteiger partial charge in [-0.3, -0.25) is 15.5 Å². The molecule has 5 nitrogen and oxygen atoms in total. The van der Waals surface area contributed by atoms with Gasteiger partial charge in [-0.15, -0.1) is 0 Å². The third-order valence-corrected chi connectivity index (χ3v) is 4.40. The number of hydrogen-bond acceptors (Lipinski definition) is 5. The second kappa shape index (κ2) is 8.12. The Labute approximate surface area is 149 Å². The van der Waals surface area contributed by atoms with Crippen LogP contribution in [-0.2, 0) is 0 Å². The molecular weight excluding hydrogens is 334 g/mol. The topological polar surface area (TPSA) is 67.5 Å². The molecule has 6 heteroatoms. The van der Waals surface area contributed by atoms with Crippen molar-refractivity contribution < 1.29 is 4.92 Å². The summed E-state index contributed by atoms with van der Waals surface area (Å²) in [6.07, 6.45) is 1.57. The molecule has 0 aromatic heterocycles. The molecule has 0 aliphatic heterocycles. The molecule has 0 atom stereocenters. The zero-order valence-corrected chi connectivity index (χ0v) is 14.0. The van der Waals surface area contributed by atoms with E-state index in [9.17, 15) is 10.1 Å². The number of nitro benzene ring substituents is 1. The number of hydrogen-bond donors (Lipinski definition) is 1. The summed E-state index contributed by atoms with van der Waals surface area (Å²) in [5, 5.41) is 15.5. The minimum absolute atomic E-state index is 0.0671. The van der Waals surface area contributed by atoms with Gasteiger partial charge in [0.15, 0.2) is 0 Å². The molecule has 0 fully saturated rings. The van der Waals surface area contributed by atoms with Crippen LogP contribution in [0.4, 0.5) is 11.4 Å². The predicted octanol–water partition coefficient (Wildman–Crippen LogP) is 5.19. The van der Waals surface area contributed by atoms with Gasteiger partial charge in [0.25, 0.3) is 5.69 Å². The van der Waals surface area contributed by atoms with E-state index >= 15 is 0 Å². The molecule has 0 aliphatic rings. The number of nitrogens with zero attached hydrogens (tertiary/aromatic N) is 2. The van der Waals surface area contributed by atoms with Crippen LogP contribution in [0, 0.1) is 10.1 Å². The fourth-order valence-electron chi connectivity index (χ4n) is 2.15. The van der Waals surface area contributed by atoms with Crippen molar-refractivity contribution >= 4 is 29.4 Å². The van der Waals surface area contributed by atoms with Crippen molar-refractivity contribution in [3.63, 3.8) is 0 Å². The van der Waals surface area contributed by atoms with Crippen LogP contribution in [0.15, 0.2) is 93.8 Å². The Morgan fingerprint density at radius 3 is 2.32 bits per heavy atom. The molecule has 1 N–H and O–H groups in total. The van der Waals surface area contributed by atoms with E-state index in [-0.39, 0.29) is 10.6 Å². The fraction of sp³-hybridized carbons (Fsp3) is 0. The fourth-order valence-corrected chi connectivity index (χ4v) is 3.07. The van der Waals surface area contributed by atoms with E-state index in [0.29, 0.717) is 10.5 Å². The Morgan fingerprint density at radius 2 is 1.64 bits per heavy atom. The minimum atomic E-state index is -0.368. The average molecular weight is 349 g/mol. The quantitative estimate of drug-likeness (QED) is 0.378. The molecule has 0 radical (unpaired) electrons. The molecule has 0 saturated heterocycles. The van der Waals surface area contributed by atoms with Crippen molar-refractivity contribution in [1.82, 2.24) is 0 Å². The van der Waals surface area contributed by atoms with Crippen LogP contribution in [0.5, 0.6) is 0 Å². The number of rotatable bonds is 6. The van der Waals surface area contributed by atoms with E-state index in [1.54, 1.807) is 12.3 Å². The van der Waals surface area contributed by atoms with Crippen LogP contribution in [0.1, 0.15) is 5.56 Å². The standard InChI is InChI=1S/C19H15N3O2S/c23-22(24)18-13-15(14-20-21-16-7-3-1-4-8-16)11-12-19(18)25-17-9-5-2-6-10-17/h1-14,21H. The lowest BCUT2D eigenvalue weighted by atomic mass is 10.2. The first-order valence-electron chi connectivity index (χ1n) is 7.58. The average Bonchev–Trinajstić information content (AvgIpc) is 2.64. The van der Waals surface area contributed by atoms with Gasteiger partial charge in [-0.25, -0.2) is 0 Å². The van der Waals surface area contributed by atoms with E-state index in [2.05, 4.69) is 10.5 Å². The van der Waals surface area contributed by atoms with Crippen molar-refractivity contribution in [2.75, 3.05) is 5.43 Å². The molecule has 3 aromatic carbocycles. The van der Waals surface area contributed by atoms with Crippen LogP contribution in [0.3, 0.4) is 0 Å². The first-order valence-corrected chi connectivity index (χ1v) is 8.39. The lowest BCUT2D eigenvalue weighted by Crippen LogP contribution is -1.94. The number of nitro groups is 1. The van der Waals surface area contributed by atoms with Crippen LogP contribution < -0.4 is 5.43 Å². The van der Waals surface area contributed by atoms with E-state index in [4.69, 9.17) is 0 Å². The first-order chi connectivity index (χ1) is 12.2. The Hall–Kier alpha value is -3.12.